The van der Waals surface area contributed by atoms with Crippen LogP contribution in [0.5, 0.6) is 0 Å². The lowest BCUT2D eigenvalue weighted by molar-refractivity contribution is -0.131. The number of fused-ring (bicyclic) bond motifs is 1. The average Bonchev–Trinajstić information content (AvgIpc) is 3.10. The van der Waals surface area contributed by atoms with Crippen LogP contribution >= 0.6 is 0 Å². The van der Waals surface area contributed by atoms with Crippen molar-refractivity contribution in [3.05, 3.63) is 90.5 Å². The van der Waals surface area contributed by atoms with Crippen molar-refractivity contribution >= 4 is 22.8 Å². The summed E-state index contributed by atoms with van der Waals surface area (Å²) >= 11 is 0. The highest BCUT2D eigenvalue weighted by atomic mass is 16.4. The van der Waals surface area contributed by atoms with Crippen LogP contribution < -0.4 is 0 Å². The molecule has 0 unspecified atom stereocenters. The van der Waals surface area contributed by atoms with Gasteiger partial charge in [-0.25, -0.2) is 9.78 Å². The predicted molar refractivity (Wildman–Crippen MR) is 105 cm³/mol. The molecule has 0 spiro atoms. The number of benzene rings is 2. The molecule has 132 valence electrons. The first-order chi connectivity index (χ1) is 13.2. The van der Waals surface area contributed by atoms with E-state index in [0.29, 0.717) is 6.54 Å². The first kappa shape index (κ1) is 16.7. The number of aliphatic carboxylic acids is 1. The summed E-state index contributed by atoms with van der Waals surface area (Å²) in [6.07, 6.45) is 7.86. The second-order valence-corrected chi connectivity index (χ2v) is 6.14. The van der Waals surface area contributed by atoms with E-state index in [2.05, 4.69) is 34.2 Å². The Morgan fingerprint density at radius 2 is 1.89 bits per heavy atom. The number of carbonyl (C=O) groups is 1. The van der Waals surface area contributed by atoms with E-state index in [-0.39, 0.29) is 0 Å². The third-order valence-corrected chi connectivity index (χ3v) is 4.41. The van der Waals surface area contributed by atoms with E-state index in [1.54, 1.807) is 24.7 Å². The second kappa shape index (κ2) is 7.25. The summed E-state index contributed by atoms with van der Waals surface area (Å²) in [5.74, 6) is -0.239. The Balaban J connectivity index is 1.84. The van der Waals surface area contributed by atoms with E-state index < -0.39 is 5.97 Å². The highest BCUT2D eigenvalue weighted by Crippen LogP contribution is 2.24. The molecule has 0 atom stereocenters. The Kier molecular flexibility index (Phi) is 4.49. The lowest BCUT2D eigenvalue weighted by Crippen LogP contribution is -2.05. The number of nitrogens with zero attached hydrogens (tertiary/aromatic N) is 3. The molecule has 5 heteroatoms. The van der Waals surface area contributed by atoms with Crippen LogP contribution in [0.4, 0.5) is 0 Å². The van der Waals surface area contributed by atoms with Gasteiger partial charge in [0.05, 0.1) is 18.4 Å². The Bertz CT molecular complexity index is 1130. The number of carboxylic acid groups (broad SMARTS) is 1. The van der Waals surface area contributed by atoms with E-state index >= 15 is 0 Å². The monoisotopic (exact) mass is 355 g/mol. The summed E-state index contributed by atoms with van der Waals surface area (Å²) in [7, 11) is 0. The summed E-state index contributed by atoms with van der Waals surface area (Å²) < 4.78 is 2.01. The van der Waals surface area contributed by atoms with Gasteiger partial charge in [0.1, 0.15) is 5.82 Å². The summed E-state index contributed by atoms with van der Waals surface area (Å²) in [4.78, 5) is 19.7. The van der Waals surface area contributed by atoms with Crippen LogP contribution in [0.3, 0.4) is 0 Å². The van der Waals surface area contributed by atoms with Gasteiger partial charge in [0.15, 0.2) is 0 Å². The summed E-state index contributed by atoms with van der Waals surface area (Å²) in [6, 6.07) is 18.2. The van der Waals surface area contributed by atoms with Gasteiger partial charge in [-0.2, -0.15) is 0 Å². The van der Waals surface area contributed by atoms with E-state index in [1.165, 1.54) is 10.8 Å². The van der Waals surface area contributed by atoms with Crippen molar-refractivity contribution in [2.75, 3.05) is 0 Å². The molecular formula is C22H17N3O2. The Morgan fingerprint density at radius 3 is 2.70 bits per heavy atom. The van der Waals surface area contributed by atoms with Crippen molar-refractivity contribution < 1.29 is 9.90 Å². The first-order valence-corrected chi connectivity index (χ1v) is 8.56. The van der Waals surface area contributed by atoms with Crippen molar-refractivity contribution in [3.63, 3.8) is 0 Å². The van der Waals surface area contributed by atoms with Crippen LogP contribution in [0.1, 0.15) is 11.3 Å². The molecule has 5 nitrogen and oxygen atoms in total. The van der Waals surface area contributed by atoms with Crippen LogP contribution in [0.15, 0.2) is 79.3 Å². The van der Waals surface area contributed by atoms with Gasteiger partial charge in [-0.05, 0) is 34.5 Å². The van der Waals surface area contributed by atoms with Gasteiger partial charge in [-0.15, -0.1) is 0 Å². The fourth-order valence-corrected chi connectivity index (χ4v) is 3.17. The maximum Gasteiger partial charge on any atom is 0.328 e. The smallest absolute Gasteiger partial charge is 0.328 e. The molecule has 2 heterocycles. The first-order valence-electron chi connectivity index (χ1n) is 8.56. The molecule has 0 aliphatic rings. The zero-order valence-electron chi connectivity index (χ0n) is 14.5. The molecule has 0 amide bonds. The van der Waals surface area contributed by atoms with Gasteiger partial charge in [-0.3, -0.25) is 4.98 Å². The quantitative estimate of drug-likeness (QED) is 0.544. The average molecular weight is 355 g/mol. The third-order valence-electron chi connectivity index (χ3n) is 4.41. The van der Waals surface area contributed by atoms with E-state index in [4.69, 9.17) is 5.11 Å². The second-order valence-electron chi connectivity index (χ2n) is 6.14. The molecule has 0 radical (unpaired) electrons. The maximum absolute atomic E-state index is 11.0. The highest BCUT2D eigenvalue weighted by molar-refractivity contribution is 5.86. The minimum atomic E-state index is -0.990. The zero-order chi connectivity index (χ0) is 18.6. The maximum atomic E-state index is 11.0. The van der Waals surface area contributed by atoms with E-state index in [1.807, 2.05) is 34.9 Å². The van der Waals surface area contributed by atoms with Crippen molar-refractivity contribution in [2.45, 2.75) is 6.54 Å². The molecule has 2 aromatic heterocycles. The Labute approximate surface area is 156 Å². The number of rotatable bonds is 5. The minimum Gasteiger partial charge on any atom is -0.478 e. The Morgan fingerprint density at radius 1 is 1.04 bits per heavy atom. The molecule has 1 N–H and O–H groups in total. The van der Waals surface area contributed by atoms with Gasteiger partial charge in [0.2, 0.25) is 0 Å². The van der Waals surface area contributed by atoms with Gasteiger partial charge < -0.3 is 9.67 Å². The number of carboxylic acids is 1. The molecule has 0 saturated heterocycles. The largest absolute Gasteiger partial charge is 0.478 e. The molecule has 0 saturated carbocycles. The predicted octanol–water partition coefficient (Wildman–Crippen LogP) is 4.24. The van der Waals surface area contributed by atoms with Gasteiger partial charge in [-0.1, -0.05) is 42.5 Å². The number of aromatic nitrogens is 3. The molecule has 0 aliphatic carbocycles. The number of pyridine rings is 1. The fourth-order valence-electron chi connectivity index (χ4n) is 3.17. The van der Waals surface area contributed by atoms with Gasteiger partial charge >= 0.3 is 5.97 Å². The summed E-state index contributed by atoms with van der Waals surface area (Å²) in [6.45, 7) is 0.574. The van der Waals surface area contributed by atoms with Crippen molar-refractivity contribution in [1.29, 1.82) is 0 Å². The van der Waals surface area contributed by atoms with Crippen LogP contribution in [0.2, 0.25) is 0 Å². The number of hydrogen-bond acceptors (Lipinski definition) is 3. The molecule has 0 bridgehead atoms. The van der Waals surface area contributed by atoms with Crippen LogP contribution in [0.25, 0.3) is 28.2 Å². The van der Waals surface area contributed by atoms with Gasteiger partial charge in [0.25, 0.3) is 0 Å². The minimum absolute atomic E-state index is 0.574. The molecule has 4 aromatic rings. The molecule has 0 fully saturated rings. The lowest BCUT2D eigenvalue weighted by atomic mass is 10.0. The van der Waals surface area contributed by atoms with Crippen LogP contribution in [0, 0.1) is 0 Å². The van der Waals surface area contributed by atoms with E-state index in [0.717, 1.165) is 28.7 Å². The SMILES string of the molecule is O=C(O)/C=C/c1cnc(-c2cccnc2)n1Cc1cccc2ccccc12. The standard InChI is InChI=1S/C22H17N3O2/c26-21(27)11-10-19-14-24-22(17-8-4-12-23-13-17)25(19)15-18-7-3-6-16-5-1-2-9-20(16)18/h1-14H,15H2,(H,26,27)/b11-10+. The lowest BCUT2D eigenvalue weighted by Gasteiger charge is -2.13. The number of hydrogen-bond donors (Lipinski definition) is 1. The third kappa shape index (κ3) is 3.48. The molecular weight excluding hydrogens is 338 g/mol. The normalized spacial score (nSPS) is 11.3. The topological polar surface area (TPSA) is 68.0 Å². The zero-order valence-corrected chi connectivity index (χ0v) is 14.5. The van der Waals surface area contributed by atoms with Crippen LogP contribution in [-0.4, -0.2) is 25.6 Å². The number of imidazole rings is 1. The van der Waals surface area contributed by atoms with E-state index in [9.17, 15) is 4.79 Å². The summed E-state index contributed by atoms with van der Waals surface area (Å²) in [5.41, 5.74) is 2.75. The molecule has 4 rings (SSSR count). The van der Waals surface area contributed by atoms with Crippen LogP contribution in [-0.2, 0) is 11.3 Å². The summed E-state index contributed by atoms with van der Waals surface area (Å²) in [5, 5.41) is 11.3. The van der Waals surface area contributed by atoms with Crippen molar-refractivity contribution in [3.8, 4) is 11.4 Å². The molecule has 2 aromatic carbocycles. The molecule has 0 aliphatic heterocycles. The van der Waals surface area contributed by atoms with Crippen molar-refractivity contribution in [1.82, 2.24) is 14.5 Å². The Hall–Kier alpha value is -3.73. The fraction of sp³-hybridized carbons (Fsp3) is 0.0455. The highest BCUT2D eigenvalue weighted by Gasteiger charge is 2.12. The van der Waals surface area contributed by atoms with Crippen molar-refractivity contribution in [2.24, 2.45) is 0 Å². The van der Waals surface area contributed by atoms with Gasteiger partial charge in [0, 0.05) is 24.0 Å². The molecule has 27 heavy (non-hydrogen) atoms.